The molecular weight excluding hydrogens is 277 g/mol. The molecule has 1 aromatic rings. The minimum Gasteiger partial charge on any atom is -0.310 e. The third-order valence-corrected chi connectivity index (χ3v) is 3.39. The van der Waals surface area contributed by atoms with E-state index < -0.39 is 0 Å². The van der Waals surface area contributed by atoms with E-state index in [1.165, 1.54) is 0 Å². The first-order valence-corrected chi connectivity index (χ1v) is 6.08. The maximum absolute atomic E-state index is 11.7. The van der Waals surface area contributed by atoms with Crippen molar-refractivity contribution >= 4 is 39.1 Å². The van der Waals surface area contributed by atoms with Crippen LogP contribution in [0.1, 0.15) is 12.0 Å². The summed E-state index contributed by atoms with van der Waals surface area (Å²) in [7, 11) is 0. The van der Waals surface area contributed by atoms with E-state index >= 15 is 0 Å². The number of carbonyl (C=O) groups is 1. The van der Waals surface area contributed by atoms with Crippen molar-refractivity contribution in [2.24, 2.45) is 0 Å². The van der Waals surface area contributed by atoms with E-state index in [0.29, 0.717) is 18.0 Å². The van der Waals surface area contributed by atoms with E-state index in [2.05, 4.69) is 15.9 Å². The quantitative estimate of drug-likeness (QED) is 0.727. The molecule has 0 aliphatic carbocycles. The molecule has 1 atom stereocenters. The van der Waals surface area contributed by atoms with Crippen LogP contribution in [0, 0.1) is 6.92 Å². The molecule has 0 N–H and O–H groups in total. The van der Waals surface area contributed by atoms with Gasteiger partial charge in [0, 0.05) is 17.8 Å². The number of carbonyl (C=O) groups excluding carboxylic acids is 1. The third-order valence-electron chi connectivity index (χ3n) is 2.47. The molecule has 1 aliphatic heterocycles. The lowest BCUT2D eigenvalue weighted by Crippen LogP contribution is -2.24. The molecule has 0 saturated carbocycles. The van der Waals surface area contributed by atoms with Gasteiger partial charge in [-0.2, -0.15) is 0 Å². The molecule has 15 heavy (non-hydrogen) atoms. The zero-order valence-electron chi connectivity index (χ0n) is 8.34. The Kier molecular flexibility index (Phi) is 3.03. The van der Waals surface area contributed by atoms with Crippen molar-refractivity contribution in [3.05, 3.63) is 28.8 Å². The average Bonchev–Trinajstić information content (AvgIpc) is 2.45. The Morgan fingerprint density at radius 1 is 1.53 bits per heavy atom. The highest BCUT2D eigenvalue weighted by molar-refractivity contribution is 9.09. The molecule has 1 unspecified atom stereocenters. The van der Waals surface area contributed by atoms with Gasteiger partial charge in [0.25, 0.3) is 0 Å². The van der Waals surface area contributed by atoms with Crippen LogP contribution >= 0.6 is 27.5 Å². The number of rotatable bonds is 1. The Labute approximate surface area is 102 Å². The standard InChI is InChI=1S/C11H11BrClNO/c1-7-2-3-10(9(13)4-7)14-6-8(12)5-11(14)15/h2-4,8H,5-6H2,1H3. The molecule has 1 aromatic carbocycles. The zero-order chi connectivity index (χ0) is 11.0. The van der Waals surface area contributed by atoms with Crippen molar-refractivity contribution in [3.63, 3.8) is 0 Å². The molecule has 0 radical (unpaired) electrons. The highest BCUT2D eigenvalue weighted by Gasteiger charge is 2.29. The topological polar surface area (TPSA) is 20.3 Å². The van der Waals surface area contributed by atoms with E-state index in [-0.39, 0.29) is 10.7 Å². The fraction of sp³-hybridized carbons (Fsp3) is 0.364. The number of halogens is 2. The minimum absolute atomic E-state index is 0.127. The maximum atomic E-state index is 11.7. The molecule has 0 bridgehead atoms. The molecule has 80 valence electrons. The first kappa shape index (κ1) is 11.0. The summed E-state index contributed by atoms with van der Waals surface area (Å²) in [5.41, 5.74) is 1.92. The van der Waals surface area contributed by atoms with Crippen molar-refractivity contribution in [1.29, 1.82) is 0 Å². The van der Waals surface area contributed by atoms with Gasteiger partial charge < -0.3 is 4.90 Å². The van der Waals surface area contributed by atoms with Gasteiger partial charge >= 0.3 is 0 Å². The van der Waals surface area contributed by atoms with E-state index in [1.807, 2.05) is 25.1 Å². The van der Waals surface area contributed by atoms with E-state index in [9.17, 15) is 4.79 Å². The summed E-state index contributed by atoms with van der Waals surface area (Å²) in [5, 5.41) is 0.643. The minimum atomic E-state index is 0.127. The van der Waals surface area contributed by atoms with Crippen molar-refractivity contribution in [3.8, 4) is 0 Å². The molecule has 4 heteroatoms. The summed E-state index contributed by atoms with van der Waals surface area (Å²) in [5.74, 6) is 0.127. The normalized spacial score (nSPS) is 21.1. The van der Waals surface area contributed by atoms with Crippen LogP contribution in [0.2, 0.25) is 5.02 Å². The molecule has 0 spiro atoms. The molecular formula is C11H11BrClNO. The number of hydrogen-bond acceptors (Lipinski definition) is 1. The summed E-state index contributed by atoms with van der Waals surface area (Å²) < 4.78 is 0. The SMILES string of the molecule is Cc1ccc(N2CC(Br)CC2=O)c(Cl)c1. The molecule has 1 heterocycles. The largest absolute Gasteiger partial charge is 0.310 e. The number of aryl methyl sites for hydroxylation is 1. The fourth-order valence-electron chi connectivity index (χ4n) is 1.73. The van der Waals surface area contributed by atoms with E-state index in [4.69, 9.17) is 11.6 Å². The van der Waals surface area contributed by atoms with Gasteiger partial charge in [-0.05, 0) is 24.6 Å². The van der Waals surface area contributed by atoms with Crippen molar-refractivity contribution < 1.29 is 4.79 Å². The predicted molar refractivity (Wildman–Crippen MR) is 65.9 cm³/mol. The molecule has 2 nitrogen and oxygen atoms in total. The Bertz CT molecular complexity index is 408. The lowest BCUT2D eigenvalue weighted by molar-refractivity contribution is -0.117. The van der Waals surface area contributed by atoms with Gasteiger partial charge in [0.1, 0.15) is 0 Å². The van der Waals surface area contributed by atoms with Gasteiger partial charge in [-0.25, -0.2) is 0 Å². The summed E-state index contributed by atoms with van der Waals surface area (Å²) in [6.45, 7) is 2.68. The Hall–Kier alpha value is -0.540. The summed E-state index contributed by atoms with van der Waals surface area (Å²) in [6, 6.07) is 5.75. The molecule has 2 rings (SSSR count). The monoisotopic (exact) mass is 287 g/mol. The number of anilines is 1. The molecule has 0 aromatic heterocycles. The van der Waals surface area contributed by atoms with Crippen LogP contribution in [0.15, 0.2) is 18.2 Å². The Morgan fingerprint density at radius 3 is 2.80 bits per heavy atom. The first-order chi connectivity index (χ1) is 7.08. The van der Waals surface area contributed by atoms with Crippen LogP contribution < -0.4 is 4.90 Å². The lowest BCUT2D eigenvalue weighted by atomic mass is 10.2. The second-order valence-corrected chi connectivity index (χ2v) is 5.46. The maximum Gasteiger partial charge on any atom is 0.228 e. The summed E-state index contributed by atoms with van der Waals surface area (Å²) in [6.07, 6.45) is 0.546. The van der Waals surface area contributed by atoms with Crippen molar-refractivity contribution in [1.82, 2.24) is 0 Å². The highest BCUT2D eigenvalue weighted by Crippen LogP contribution is 2.31. The smallest absolute Gasteiger partial charge is 0.228 e. The van der Waals surface area contributed by atoms with E-state index in [1.54, 1.807) is 4.90 Å². The van der Waals surface area contributed by atoms with Crippen molar-refractivity contribution in [2.45, 2.75) is 18.2 Å². The second-order valence-electron chi connectivity index (χ2n) is 3.76. The third kappa shape index (κ3) is 2.18. The Morgan fingerprint density at radius 2 is 2.27 bits per heavy atom. The summed E-state index contributed by atoms with van der Waals surface area (Å²) >= 11 is 9.56. The molecule has 1 fully saturated rings. The van der Waals surface area contributed by atoms with Crippen LogP contribution in [0.4, 0.5) is 5.69 Å². The van der Waals surface area contributed by atoms with Crippen LogP contribution in [-0.4, -0.2) is 17.3 Å². The Balaban J connectivity index is 2.34. The molecule has 1 aliphatic rings. The van der Waals surface area contributed by atoms with Crippen molar-refractivity contribution in [2.75, 3.05) is 11.4 Å². The van der Waals surface area contributed by atoms with Gasteiger partial charge in [0.05, 0.1) is 10.7 Å². The van der Waals surface area contributed by atoms with Gasteiger partial charge in [-0.3, -0.25) is 4.79 Å². The lowest BCUT2D eigenvalue weighted by Gasteiger charge is -2.17. The van der Waals surface area contributed by atoms with Crippen LogP contribution in [-0.2, 0) is 4.79 Å². The number of amides is 1. The van der Waals surface area contributed by atoms with Crippen LogP contribution in [0.25, 0.3) is 0 Å². The van der Waals surface area contributed by atoms with Crippen LogP contribution in [0.3, 0.4) is 0 Å². The first-order valence-electron chi connectivity index (χ1n) is 4.78. The predicted octanol–water partition coefficient (Wildman–Crippen LogP) is 3.15. The number of hydrogen-bond donors (Lipinski definition) is 0. The molecule has 1 saturated heterocycles. The number of alkyl halides is 1. The van der Waals surface area contributed by atoms with E-state index in [0.717, 1.165) is 11.3 Å². The number of nitrogens with zero attached hydrogens (tertiary/aromatic N) is 1. The fourth-order valence-corrected chi connectivity index (χ4v) is 2.63. The van der Waals surface area contributed by atoms with Gasteiger partial charge in [0.2, 0.25) is 5.91 Å². The van der Waals surface area contributed by atoms with Gasteiger partial charge in [-0.15, -0.1) is 0 Å². The van der Waals surface area contributed by atoms with Gasteiger partial charge in [0.15, 0.2) is 0 Å². The number of benzene rings is 1. The molecule has 1 amide bonds. The average molecular weight is 289 g/mol. The summed E-state index contributed by atoms with van der Waals surface area (Å²) in [4.78, 5) is 13.6. The van der Waals surface area contributed by atoms with Gasteiger partial charge in [-0.1, -0.05) is 33.6 Å². The van der Waals surface area contributed by atoms with Crippen LogP contribution in [0.5, 0.6) is 0 Å². The zero-order valence-corrected chi connectivity index (χ0v) is 10.7. The second kappa shape index (κ2) is 4.14. The highest BCUT2D eigenvalue weighted by atomic mass is 79.9.